The fourth-order valence-corrected chi connectivity index (χ4v) is 2.79. The minimum Gasteiger partial charge on any atom is -0.507 e. The highest BCUT2D eigenvalue weighted by molar-refractivity contribution is 5.97. The van der Waals surface area contributed by atoms with Crippen LogP contribution in [-0.4, -0.2) is 34.3 Å². The number of rotatable bonds is 3. The second-order valence-electron chi connectivity index (χ2n) is 5.57. The first-order chi connectivity index (χ1) is 9.49. The van der Waals surface area contributed by atoms with E-state index < -0.39 is 0 Å². The molecule has 4 nitrogen and oxygen atoms in total. The number of ketones is 1. The summed E-state index contributed by atoms with van der Waals surface area (Å²) in [5.41, 5.74) is 1.27. The first-order valence-electron chi connectivity index (χ1n) is 7.09. The van der Waals surface area contributed by atoms with Crippen molar-refractivity contribution in [3.05, 3.63) is 29.3 Å². The van der Waals surface area contributed by atoms with E-state index in [4.69, 9.17) is 0 Å². The highest BCUT2D eigenvalue weighted by atomic mass is 16.3. The highest BCUT2D eigenvalue weighted by Crippen LogP contribution is 2.26. The average Bonchev–Trinajstić information content (AvgIpc) is 2.41. The first kappa shape index (κ1) is 14.6. The summed E-state index contributed by atoms with van der Waals surface area (Å²) in [5.74, 6) is -0.0620. The standard InChI is InChI=1S/C16H21NO3/c1-11-6-7-15(19)14(9-11)16(20)17-8-4-3-5-13(17)10-12(2)18/h6-7,9,13,19H,3-5,8,10H2,1-2H3. The van der Waals surface area contributed by atoms with Crippen molar-refractivity contribution < 1.29 is 14.7 Å². The summed E-state index contributed by atoms with van der Waals surface area (Å²) < 4.78 is 0. The van der Waals surface area contributed by atoms with Crippen LogP contribution in [-0.2, 0) is 4.79 Å². The number of likely N-dealkylation sites (tertiary alicyclic amines) is 1. The molecule has 0 aliphatic carbocycles. The first-order valence-corrected chi connectivity index (χ1v) is 7.09. The van der Waals surface area contributed by atoms with Gasteiger partial charge in [-0.2, -0.15) is 0 Å². The Labute approximate surface area is 119 Å². The maximum absolute atomic E-state index is 12.6. The number of aryl methyl sites for hydroxylation is 1. The van der Waals surface area contributed by atoms with E-state index in [1.807, 2.05) is 6.92 Å². The lowest BCUT2D eigenvalue weighted by atomic mass is 9.96. The van der Waals surface area contributed by atoms with Crippen LogP contribution in [0.4, 0.5) is 0 Å². The average molecular weight is 275 g/mol. The van der Waals surface area contributed by atoms with E-state index in [1.54, 1.807) is 30.0 Å². The summed E-state index contributed by atoms with van der Waals surface area (Å²) in [7, 11) is 0. The Morgan fingerprint density at radius 1 is 1.35 bits per heavy atom. The Hall–Kier alpha value is -1.84. The van der Waals surface area contributed by atoms with Crippen molar-refractivity contribution in [2.45, 2.75) is 45.6 Å². The van der Waals surface area contributed by atoms with Gasteiger partial charge in [0.2, 0.25) is 0 Å². The zero-order valence-corrected chi connectivity index (χ0v) is 12.1. The number of phenolic OH excluding ortho intramolecular Hbond substituents is 1. The molecule has 0 radical (unpaired) electrons. The van der Waals surface area contributed by atoms with Crippen LogP contribution in [0.1, 0.15) is 48.5 Å². The van der Waals surface area contributed by atoms with Crippen molar-refractivity contribution in [2.24, 2.45) is 0 Å². The maximum Gasteiger partial charge on any atom is 0.257 e. The van der Waals surface area contributed by atoms with Gasteiger partial charge in [-0.1, -0.05) is 11.6 Å². The van der Waals surface area contributed by atoms with Crippen LogP contribution in [0, 0.1) is 6.92 Å². The predicted octanol–water partition coefficient (Wildman–Crippen LogP) is 2.67. The van der Waals surface area contributed by atoms with E-state index >= 15 is 0 Å². The normalized spacial score (nSPS) is 18.9. The largest absolute Gasteiger partial charge is 0.507 e. The van der Waals surface area contributed by atoms with Crippen LogP contribution in [0.3, 0.4) is 0 Å². The zero-order valence-electron chi connectivity index (χ0n) is 12.1. The van der Waals surface area contributed by atoms with Crippen molar-refractivity contribution in [2.75, 3.05) is 6.54 Å². The summed E-state index contributed by atoms with van der Waals surface area (Å²) >= 11 is 0. The minimum absolute atomic E-state index is 0.00717. The molecule has 20 heavy (non-hydrogen) atoms. The Kier molecular flexibility index (Phi) is 4.42. The molecule has 0 aromatic heterocycles. The Bertz CT molecular complexity index is 524. The molecule has 1 aromatic rings. The van der Waals surface area contributed by atoms with Crippen LogP contribution in [0.15, 0.2) is 18.2 Å². The summed E-state index contributed by atoms with van der Waals surface area (Å²) in [4.78, 5) is 25.7. The van der Waals surface area contributed by atoms with E-state index in [0.717, 1.165) is 24.8 Å². The van der Waals surface area contributed by atoms with E-state index in [1.165, 1.54) is 0 Å². The molecule has 2 rings (SSSR count). The number of piperidine rings is 1. The fourth-order valence-electron chi connectivity index (χ4n) is 2.79. The van der Waals surface area contributed by atoms with Gasteiger partial charge in [-0.25, -0.2) is 0 Å². The Balaban J connectivity index is 2.25. The molecule has 1 fully saturated rings. The predicted molar refractivity (Wildman–Crippen MR) is 76.8 cm³/mol. The molecule has 1 atom stereocenters. The van der Waals surface area contributed by atoms with Gasteiger partial charge in [0, 0.05) is 19.0 Å². The third-order valence-corrected chi connectivity index (χ3v) is 3.79. The van der Waals surface area contributed by atoms with Gasteiger partial charge in [0.15, 0.2) is 0 Å². The minimum atomic E-state index is -0.169. The Morgan fingerprint density at radius 2 is 2.10 bits per heavy atom. The molecule has 1 N–H and O–H groups in total. The van der Waals surface area contributed by atoms with Crippen LogP contribution in [0.5, 0.6) is 5.75 Å². The molecule has 1 amide bonds. The second-order valence-corrected chi connectivity index (χ2v) is 5.57. The van der Waals surface area contributed by atoms with Gasteiger partial charge in [0.25, 0.3) is 5.91 Å². The highest BCUT2D eigenvalue weighted by Gasteiger charge is 2.29. The topological polar surface area (TPSA) is 57.6 Å². The van der Waals surface area contributed by atoms with E-state index in [-0.39, 0.29) is 23.5 Å². The number of Topliss-reactive ketones (excluding diaryl/α,β-unsaturated/α-hetero) is 1. The van der Waals surface area contributed by atoms with Crippen molar-refractivity contribution >= 4 is 11.7 Å². The summed E-state index contributed by atoms with van der Waals surface area (Å²) in [5, 5.41) is 9.89. The molecule has 4 heteroatoms. The summed E-state index contributed by atoms with van der Waals surface area (Å²) in [6, 6.07) is 4.99. The molecule has 1 aliphatic heterocycles. The van der Waals surface area contributed by atoms with Crippen molar-refractivity contribution in [1.82, 2.24) is 4.90 Å². The number of hydrogen-bond donors (Lipinski definition) is 1. The van der Waals surface area contributed by atoms with Gasteiger partial charge < -0.3 is 10.0 Å². The fraction of sp³-hybridized carbons (Fsp3) is 0.500. The molecule has 1 aliphatic rings. The van der Waals surface area contributed by atoms with Gasteiger partial charge in [-0.3, -0.25) is 9.59 Å². The van der Waals surface area contributed by atoms with Crippen LogP contribution < -0.4 is 0 Å². The monoisotopic (exact) mass is 275 g/mol. The van der Waals surface area contributed by atoms with Crippen LogP contribution in [0.25, 0.3) is 0 Å². The molecule has 1 aromatic carbocycles. The number of aromatic hydroxyl groups is 1. The number of phenols is 1. The molecular weight excluding hydrogens is 254 g/mol. The van der Waals surface area contributed by atoms with Crippen molar-refractivity contribution in [3.63, 3.8) is 0 Å². The number of benzene rings is 1. The number of carbonyl (C=O) groups excluding carboxylic acids is 2. The zero-order chi connectivity index (χ0) is 14.7. The number of amides is 1. The van der Waals surface area contributed by atoms with Gasteiger partial charge in [-0.15, -0.1) is 0 Å². The molecule has 1 unspecified atom stereocenters. The van der Waals surface area contributed by atoms with Gasteiger partial charge >= 0.3 is 0 Å². The van der Waals surface area contributed by atoms with Crippen molar-refractivity contribution in [1.29, 1.82) is 0 Å². The smallest absolute Gasteiger partial charge is 0.257 e. The molecular formula is C16H21NO3. The number of nitrogens with zero attached hydrogens (tertiary/aromatic N) is 1. The van der Waals surface area contributed by atoms with Crippen LogP contribution in [0.2, 0.25) is 0 Å². The van der Waals surface area contributed by atoms with Gasteiger partial charge in [0.05, 0.1) is 5.56 Å². The lowest BCUT2D eigenvalue weighted by molar-refractivity contribution is -0.118. The van der Waals surface area contributed by atoms with Crippen LogP contribution >= 0.6 is 0 Å². The molecule has 0 bridgehead atoms. The molecule has 1 heterocycles. The molecule has 0 saturated carbocycles. The number of hydrogen-bond acceptors (Lipinski definition) is 3. The summed E-state index contributed by atoms with van der Waals surface area (Å²) in [6.07, 6.45) is 3.25. The van der Waals surface area contributed by atoms with E-state index in [0.29, 0.717) is 18.5 Å². The molecule has 0 spiro atoms. The Morgan fingerprint density at radius 3 is 2.80 bits per heavy atom. The molecule has 108 valence electrons. The lowest BCUT2D eigenvalue weighted by Gasteiger charge is -2.35. The van der Waals surface area contributed by atoms with E-state index in [9.17, 15) is 14.7 Å². The summed E-state index contributed by atoms with van der Waals surface area (Å²) in [6.45, 7) is 4.10. The van der Waals surface area contributed by atoms with E-state index in [2.05, 4.69) is 0 Å². The lowest BCUT2D eigenvalue weighted by Crippen LogP contribution is -2.44. The molecule has 1 saturated heterocycles. The maximum atomic E-state index is 12.6. The SMILES string of the molecule is CC(=O)CC1CCCCN1C(=O)c1cc(C)ccc1O. The quantitative estimate of drug-likeness (QED) is 0.922. The third kappa shape index (κ3) is 3.18. The second kappa shape index (κ2) is 6.07. The van der Waals surface area contributed by atoms with Gasteiger partial charge in [-0.05, 0) is 45.2 Å². The third-order valence-electron chi connectivity index (χ3n) is 3.79. The number of carbonyl (C=O) groups is 2. The van der Waals surface area contributed by atoms with Gasteiger partial charge in [0.1, 0.15) is 11.5 Å². The van der Waals surface area contributed by atoms with Crippen molar-refractivity contribution in [3.8, 4) is 5.75 Å².